The lowest BCUT2D eigenvalue weighted by Crippen LogP contribution is -2.55. The fraction of sp³-hybridized carbons (Fsp3) is 0.333. The number of hydrogen-bond acceptors (Lipinski definition) is 8. The number of benzene rings is 2. The maximum atomic E-state index is 13.6. The second-order valence-electron chi connectivity index (χ2n) is 7.67. The summed E-state index contributed by atoms with van der Waals surface area (Å²) >= 11 is 0.894. The quantitative estimate of drug-likeness (QED) is 0.325. The van der Waals surface area contributed by atoms with Crippen molar-refractivity contribution in [3.05, 3.63) is 60.0 Å². The number of ether oxygens (including phenoxy) is 2. The van der Waals surface area contributed by atoms with Crippen molar-refractivity contribution in [3.8, 4) is 17.0 Å². The molecule has 3 aromatic rings. The Morgan fingerprint density at radius 2 is 1.67 bits per heavy atom. The lowest BCUT2D eigenvalue weighted by Gasteiger charge is -2.41. The minimum Gasteiger partial charge on any atom is -0.406 e. The molecule has 2 aromatic carbocycles. The van der Waals surface area contributed by atoms with E-state index in [1.807, 2.05) is 0 Å². The van der Waals surface area contributed by atoms with E-state index < -0.39 is 66.0 Å². The minimum atomic E-state index is -4.86. The average molecular weight is 537 g/mol. The van der Waals surface area contributed by atoms with Gasteiger partial charge in [0, 0.05) is 10.5 Å². The molecule has 0 saturated carbocycles. The highest BCUT2D eigenvalue weighted by atomic mass is 32.2. The number of aliphatic hydroxyl groups excluding tert-OH is 3. The highest BCUT2D eigenvalue weighted by molar-refractivity contribution is 7.99. The summed E-state index contributed by atoms with van der Waals surface area (Å²) in [6, 6.07) is 4.85. The third-order valence-electron chi connectivity index (χ3n) is 5.25. The topological polar surface area (TPSA) is 110 Å². The van der Waals surface area contributed by atoms with Crippen LogP contribution in [-0.2, 0) is 4.74 Å². The van der Waals surface area contributed by atoms with Gasteiger partial charge in [-0.3, -0.25) is 0 Å². The van der Waals surface area contributed by atoms with Crippen LogP contribution in [0.3, 0.4) is 0 Å². The van der Waals surface area contributed by atoms with Gasteiger partial charge >= 0.3 is 6.36 Å². The molecule has 3 N–H and O–H groups in total. The number of halogens is 6. The Bertz CT molecular complexity index is 1190. The molecule has 1 aliphatic heterocycles. The zero-order valence-corrected chi connectivity index (χ0v) is 18.6. The van der Waals surface area contributed by atoms with E-state index in [1.54, 1.807) is 0 Å². The summed E-state index contributed by atoms with van der Waals surface area (Å²) in [4.78, 5) is 0.372. The van der Waals surface area contributed by atoms with Crippen molar-refractivity contribution in [2.45, 2.75) is 41.0 Å². The van der Waals surface area contributed by atoms with Crippen molar-refractivity contribution < 1.29 is 51.1 Å². The Morgan fingerprint density at radius 3 is 2.25 bits per heavy atom. The zero-order valence-electron chi connectivity index (χ0n) is 17.8. The van der Waals surface area contributed by atoms with Crippen molar-refractivity contribution >= 4 is 11.8 Å². The fourth-order valence-corrected chi connectivity index (χ4v) is 4.65. The summed E-state index contributed by atoms with van der Waals surface area (Å²) in [7, 11) is 0. The number of alkyl halides is 3. The molecule has 8 nitrogen and oxygen atoms in total. The molecule has 5 unspecified atom stereocenters. The molecule has 0 spiro atoms. The van der Waals surface area contributed by atoms with Gasteiger partial charge in [-0.05, 0) is 36.4 Å². The van der Waals surface area contributed by atoms with Crippen LogP contribution in [-0.4, -0.2) is 67.0 Å². The number of rotatable bonds is 6. The van der Waals surface area contributed by atoms with Crippen LogP contribution in [0.2, 0.25) is 0 Å². The molecule has 1 aliphatic rings. The summed E-state index contributed by atoms with van der Waals surface area (Å²) in [5.74, 6) is -5.02. The summed E-state index contributed by atoms with van der Waals surface area (Å²) < 4.78 is 88.0. The second kappa shape index (κ2) is 10.3. The molecule has 2 heterocycles. The Morgan fingerprint density at radius 1 is 1.03 bits per heavy atom. The Hall–Kier alpha value is -2.85. The van der Waals surface area contributed by atoms with Gasteiger partial charge in [0.2, 0.25) is 0 Å². The number of aromatic nitrogens is 3. The van der Waals surface area contributed by atoms with Crippen LogP contribution in [0.5, 0.6) is 5.75 Å². The largest absolute Gasteiger partial charge is 0.573 e. The maximum absolute atomic E-state index is 13.6. The van der Waals surface area contributed by atoms with Gasteiger partial charge < -0.3 is 24.8 Å². The van der Waals surface area contributed by atoms with Gasteiger partial charge in [0.15, 0.2) is 17.5 Å². The van der Waals surface area contributed by atoms with E-state index in [9.17, 15) is 41.7 Å². The molecule has 0 bridgehead atoms. The molecule has 5 atom stereocenters. The molecular formula is C21H17F6N3O5S. The van der Waals surface area contributed by atoms with Crippen molar-refractivity contribution in [1.82, 2.24) is 15.0 Å². The van der Waals surface area contributed by atoms with E-state index in [0.29, 0.717) is 17.0 Å². The molecule has 194 valence electrons. The van der Waals surface area contributed by atoms with Gasteiger partial charge in [-0.1, -0.05) is 17.0 Å². The van der Waals surface area contributed by atoms with E-state index in [2.05, 4.69) is 15.0 Å². The summed E-state index contributed by atoms with van der Waals surface area (Å²) in [5.41, 5.74) is -1.37. The first-order valence-electron chi connectivity index (χ1n) is 10.2. The number of nitrogens with zero attached hydrogens (tertiary/aromatic N) is 3. The average Bonchev–Trinajstić information content (AvgIpc) is 3.29. The first-order valence-corrected chi connectivity index (χ1v) is 11.1. The van der Waals surface area contributed by atoms with Crippen LogP contribution in [0.1, 0.15) is 6.04 Å². The van der Waals surface area contributed by atoms with Gasteiger partial charge in [-0.2, -0.15) is 0 Å². The minimum absolute atomic E-state index is 0.0938. The van der Waals surface area contributed by atoms with E-state index >= 15 is 0 Å². The third kappa shape index (κ3) is 5.59. The third-order valence-corrected chi connectivity index (χ3v) is 6.42. The highest BCUT2D eigenvalue weighted by Crippen LogP contribution is 2.39. The number of aliphatic hydroxyl groups is 3. The van der Waals surface area contributed by atoms with Crippen LogP contribution < -0.4 is 4.74 Å². The van der Waals surface area contributed by atoms with Crippen LogP contribution >= 0.6 is 11.8 Å². The predicted octanol–water partition coefficient (Wildman–Crippen LogP) is 3.03. The standard InChI is InChI=1S/C21H17F6N3O5S/c22-12-5-9(6-13(23)16(12)24)14-7-30(29-28-14)17-18(32)15(8-31)34-20(19(17)33)36-11-3-1-10(2-4-11)35-21(25,26)27/h1-7,15,17-20,31-33H,8H2. The fourth-order valence-electron chi connectivity index (χ4n) is 3.59. The second-order valence-corrected chi connectivity index (χ2v) is 8.84. The van der Waals surface area contributed by atoms with Gasteiger partial charge in [-0.15, -0.1) is 18.3 Å². The van der Waals surface area contributed by atoms with Gasteiger partial charge in [0.1, 0.15) is 41.2 Å². The molecule has 0 radical (unpaired) electrons. The molecule has 1 saturated heterocycles. The Labute approximate surface area is 203 Å². The summed E-state index contributed by atoms with van der Waals surface area (Å²) in [5, 5.41) is 38.8. The highest BCUT2D eigenvalue weighted by Gasteiger charge is 2.46. The van der Waals surface area contributed by atoms with E-state index in [4.69, 9.17) is 4.74 Å². The maximum Gasteiger partial charge on any atom is 0.573 e. The molecule has 36 heavy (non-hydrogen) atoms. The first-order chi connectivity index (χ1) is 17.0. The van der Waals surface area contributed by atoms with Crippen molar-refractivity contribution in [2.24, 2.45) is 0 Å². The van der Waals surface area contributed by atoms with Crippen molar-refractivity contribution in [2.75, 3.05) is 6.61 Å². The lowest BCUT2D eigenvalue weighted by atomic mass is 9.97. The molecule has 0 aliphatic carbocycles. The van der Waals surface area contributed by atoms with Crippen LogP contribution in [0, 0.1) is 17.5 Å². The molecule has 1 aromatic heterocycles. The molecular weight excluding hydrogens is 520 g/mol. The van der Waals surface area contributed by atoms with Crippen molar-refractivity contribution in [3.63, 3.8) is 0 Å². The molecule has 4 rings (SSSR count). The first kappa shape index (κ1) is 26.2. The van der Waals surface area contributed by atoms with E-state index in [1.165, 1.54) is 12.1 Å². The Balaban J connectivity index is 1.57. The zero-order chi connectivity index (χ0) is 26.2. The van der Waals surface area contributed by atoms with E-state index in [-0.39, 0.29) is 11.3 Å². The summed E-state index contributed by atoms with van der Waals surface area (Å²) in [6.45, 7) is -0.657. The van der Waals surface area contributed by atoms with Crippen molar-refractivity contribution in [1.29, 1.82) is 0 Å². The van der Waals surface area contributed by atoms with Crippen LogP contribution in [0.15, 0.2) is 47.5 Å². The van der Waals surface area contributed by atoms with Crippen LogP contribution in [0.25, 0.3) is 11.3 Å². The molecule has 0 amide bonds. The number of hydrogen-bond donors (Lipinski definition) is 3. The van der Waals surface area contributed by atoms with Crippen LogP contribution in [0.4, 0.5) is 26.3 Å². The van der Waals surface area contributed by atoms with Gasteiger partial charge in [0.05, 0.1) is 12.8 Å². The number of thioether (sulfide) groups is 1. The molecule has 1 fully saturated rings. The monoisotopic (exact) mass is 537 g/mol. The Kier molecular flexibility index (Phi) is 7.47. The lowest BCUT2D eigenvalue weighted by molar-refractivity contribution is -0.274. The van der Waals surface area contributed by atoms with Gasteiger partial charge in [-0.25, -0.2) is 17.9 Å². The predicted molar refractivity (Wildman–Crippen MR) is 111 cm³/mol. The SMILES string of the molecule is OCC1OC(Sc2ccc(OC(F)(F)F)cc2)C(O)C(n2cc(-c3cc(F)c(F)c(F)c3)nn2)C1O. The smallest absolute Gasteiger partial charge is 0.406 e. The van der Waals surface area contributed by atoms with E-state index in [0.717, 1.165) is 34.8 Å². The normalized spacial score (nSPS) is 24.6. The van der Waals surface area contributed by atoms with Gasteiger partial charge in [0.25, 0.3) is 0 Å². The summed E-state index contributed by atoms with van der Waals surface area (Å²) in [6.07, 6.45) is -7.89. The molecule has 15 heteroatoms.